The molecule has 0 amide bonds. The molecule has 0 unspecified atom stereocenters. The van der Waals surface area contributed by atoms with Gasteiger partial charge in [0, 0.05) is 35.5 Å². The fraction of sp³-hybridized carbons (Fsp3) is 0.400. The smallest absolute Gasteiger partial charge is 0.139 e. The molecule has 2 N–H and O–H groups in total. The Morgan fingerprint density at radius 2 is 1.81 bits per heavy atom. The third-order valence-electron chi connectivity index (χ3n) is 5.25. The van der Waals surface area contributed by atoms with E-state index in [4.69, 9.17) is 5.41 Å². The van der Waals surface area contributed by atoms with Crippen molar-refractivity contribution in [1.29, 1.82) is 5.41 Å². The van der Waals surface area contributed by atoms with E-state index in [-0.39, 0.29) is 5.76 Å². The summed E-state index contributed by atoms with van der Waals surface area (Å²) >= 11 is 1.47. The summed E-state index contributed by atoms with van der Waals surface area (Å²) < 4.78 is 0. The first kappa shape index (κ1) is 17.1. The molecule has 2 aliphatic rings. The van der Waals surface area contributed by atoms with Crippen LogP contribution in [0.5, 0.6) is 0 Å². The summed E-state index contributed by atoms with van der Waals surface area (Å²) in [4.78, 5) is 8.70. The van der Waals surface area contributed by atoms with Gasteiger partial charge in [-0.2, -0.15) is 0 Å². The molecule has 1 saturated heterocycles. The minimum Gasteiger partial charge on any atom is -0.510 e. The van der Waals surface area contributed by atoms with Crippen LogP contribution in [0.15, 0.2) is 35.4 Å². The zero-order valence-corrected chi connectivity index (χ0v) is 16.0. The van der Waals surface area contributed by atoms with Gasteiger partial charge in [-0.05, 0) is 49.9 Å². The van der Waals surface area contributed by atoms with Crippen LogP contribution in [-0.4, -0.2) is 35.6 Å². The molecule has 3 heterocycles. The Morgan fingerprint density at radius 1 is 1.15 bits per heavy atom. The number of benzene rings is 1. The number of amidine groups is 1. The Morgan fingerprint density at radius 3 is 2.42 bits per heavy atom. The molecule has 0 saturated carbocycles. The molecule has 1 aromatic carbocycles. The average molecular weight is 369 g/mol. The number of piperidine rings is 1. The van der Waals surface area contributed by atoms with Crippen LogP contribution in [0.4, 0.5) is 11.4 Å². The summed E-state index contributed by atoms with van der Waals surface area (Å²) in [6.07, 6.45) is 2.49. The van der Waals surface area contributed by atoms with Crippen molar-refractivity contribution in [3.05, 3.63) is 46.1 Å². The van der Waals surface area contributed by atoms with Crippen LogP contribution in [0.1, 0.15) is 30.5 Å². The van der Waals surface area contributed by atoms with Crippen LogP contribution >= 0.6 is 11.3 Å². The number of nitrogens with zero attached hydrogens (tertiary/aromatic N) is 3. The molecule has 0 atom stereocenters. The third-order valence-corrected chi connectivity index (χ3v) is 6.22. The summed E-state index contributed by atoms with van der Waals surface area (Å²) in [6, 6.07) is 8.35. The van der Waals surface area contributed by atoms with Gasteiger partial charge in [0.15, 0.2) is 0 Å². The number of aryl methyl sites for hydroxylation is 1. The molecule has 2 aliphatic heterocycles. The number of hydrogen-bond acceptors (Lipinski definition) is 5. The Bertz CT molecular complexity index is 847. The lowest BCUT2D eigenvalue weighted by molar-refractivity contribution is 0.411. The van der Waals surface area contributed by atoms with E-state index < -0.39 is 0 Å². The zero-order valence-electron chi connectivity index (χ0n) is 15.2. The highest BCUT2D eigenvalue weighted by Gasteiger charge is 2.31. The second-order valence-electron chi connectivity index (χ2n) is 7.24. The number of aliphatic hydroxyl groups excluding tert-OH is 1. The zero-order chi connectivity index (χ0) is 18.3. The SMILES string of the molecule is Cc1csc(C2=C(O)CN(c3ccc(N4CCC(C)CC4)cc3)C2=N)n1. The molecule has 1 fully saturated rings. The van der Waals surface area contributed by atoms with Crippen molar-refractivity contribution >= 4 is 34.1 Å². The average Bonchev–Trinajstić information content (AvgIpc) is 3.18. The van der Waals surface area contributed by atoms with Crippen molar-refractivity contribution in [3.63, 3.8) is 0 Å². The molecule has 6 heteroatoms. The monoisotopic (exact) mass is 368 g/mol. The Labute approximate surface area is 158 Å². The topological polar surface area (TPSA) is 63.5 Å². The van der Waals surface area contributed by atoms with Crippen molar-refractivity contribution in [2.45, 2.75) is 26.7 Å². The quantitative estimate of drug-likeness (QED) is 0.840. The minimum absolute atomic E-state index is 0.221. The van der Waals surface area contributed by atoms with Crippen LogP contribution in [0.3, 0.4) is 0 Å². The van der Waals surface area contributed by atoms with E-state index in [9.17, 15) is 5.11 Å². The maximum absolute atomic E-state index is 10.4. The Hall–Kier alpha value is -2.34. The minimum atomic E-state index is 0.221. The molecule has 136 valence electrons. The van der Waals surface area contributed by atoms with Crippen LogP contribution < -0.4 is 9.80 Å². The first-order chi connectivity index (χ1) is 12.5. The standard InChI is InChI=1S/C20H24N4OS/c1-13-7-9-23(10-8-13)15-3-5-16(6-4-15)24-11-17(25)18(19(24)21)20-22-14(2)12-26-20/h3-6,12-13,21,25H,7-11H2,1-2H3. The molecule has 2 aromatic rings. The predicted octanol–water partition coefficient (Wildman–Crippen LogP) is 4.45. The van der Waals surface area contributed by atoms with Crippen molar-refractivity contribution in [2.75, 3.05) is 29.4 Å². The van der Waals surface area contributed by atoms with Crippen LogP contribution in [0.2, 0.25) is 0 Å². The maximum atomic E-state index is 10.4. The molecule has 0 bridgehead atoms. The highest BCUT2D eigenvalue weighted by atomic mass is 32.1. The molecule has 0 radical (unpaired) electrons. The predicted molar refractivity (Wildman–Crippen MR) is 109 cm³/mol. The molecule has 1 aromatic heterocycles. The van der Waals surface area contributed by atoms with E-state index in [0.29, 0.717) is 23.0 Å². The van der Waals surface area contributed by atoms with Gasteiger partial charge in [-0.1, -0.05) is 6.92 Å². The van der Waals surface area contributed by atoms with Gasteiger partial charge in [0.1, 0.15) is 16.6 Å². The van der Waals surface area contributed by atoms with Crippen molar-refractivity contribution in [1.82, 2.24) is 4.98 Å². The van der Waals surface area contributed by atoms with Crippen molar-refractivity contribution in [3.8, 4) is 0 Å². The molecular formula is C20H24N4OS. The normalized spacial score (nSPS) is 18.9. The van der Waals surface area contributed by atoms with Gasteiger partial charge in [-0.15, -0.1) is 11.3 Å². The van der Waals surface area contributed by atoms with Crippen molar-refractivity contribution in [2.24, 2.45) is 5.92 Å². The first-order valence-electron chi connectivity index (χ1n) is 9.09. The summed E-state index contributed by atoms with van der Waals surface area (Å²) in [7, 11) is 0. The fourth-order valence-corrected chi connectivity index (χ4v) is 4.47. The van der Waals surface area contributed by atoms with E-state index >= 15 is 0 Å². The van der Waals surface area contributed by atoms with Gasteiger partial charge in [-0.25, -0.2) is 4.98 Å². The van der Waals surface area contributed by atoms with E-state index in [1.54, 1.807) is 0 Å². The number of hydrogen-bond donors (Lipinski definition) is 2. The van der Waals surface area contributed by atoms with Gasteiger partial charge in [-0.3, -0.25) is 5.41 Å². The number of nitrogens with one attached hydrogen (secondary N) is 1. The fourth-order valence-electron chi connectivity index (χ4n) is 3.60. The van der Waals surface area contributed by atoms with Gasteiger partial charge < -0.3 is 14.9 Å². The molecule has 5 nitrogen and oxygen atoms in total. The molecule has 0 spiro atoms. The summed E-state index contributed by atoms with van der Waals surface area (Å²) in [5, 5.41) is 21.6. The number of aromatic nitrogens is 1. The largest absolute Gasteiger partial charge is 0.510 e. The second-order valence-corrected chi connectivity index (χ2v) is 8.09. The van der Waals surface area contributed by atoms with Crippen molar-refractivity contribution < 1.29 is 5.11 Å². The van der Waals surface area contributed by atoms with Gasteiger partial charge in [0.2, 0.25) is 0 Å². The summed E-state index contributed by atoms with van der Waals surface area (Å²) in [5.74, 6) is 1.35. The number of rotatable bonds is 3. The van der Waals surface area contributed by atoms with Crippen LogP contribution in [0, 0.1) is 18.3 Å². The lowest BCUT2D eigenvalue weighted by Gasteiger charge is -2.32. The Balaban J connectivity index is 1.51. The number of anilines is 2. The second kappa shape index (κ2) is 6.76. The van der Waals surface area contributed by atoms with E-state index in [1.807, 2.05) is 29.3 Å². The third kappa shape index (κ3) is 3.09. The molecule has 4 rings (SSSR count). The van der Waals surface area contributed by atoms with E-state index in [2.05, 4.69) is 28.9 Å². The maximum Gasteiger partial charge on any atom is 0.139 e. The van der Waals surface area contributed by atoms with E-state index in [1.165, 1.54) is 29.9 Å². The van der Waals surface area contributed by atoms with Crippen LogP contribution in [-0.2, 0) is 0 Å². The van der Waals surface area contributed by atoms with Crippen LogP contribution in [0.25, 0.3) is 5.57 Å². The lowest BCUT2D eigenvalue weighted by Crippen LogP contribution is -2.32. The first-order valence-corrected chi connectivity index (χ1v) is 9.97. The molecule has 0 aliphatic carbocycles. The summed E-state index contributed by atoms with van der Waals surface area (Å²) in [6.45, 7) is 6.79. The molecular weight excluding hydrogens is 344 g/mol. The number of thiazole rings is 1. The van der Waals surface area contributed by atoms with Gasteiger partial charge in [0.25, 0.3) is 0 Å². The Kier molecular flexibility index (Phi) is 4.44. The number of aliphatic hydroxyl groups is 1. The highest BCUT2D eigenvalue weighted by molar-refractivity contribution is 7.11. The summed E-state index contributed by atoms with van der Waals surface area (Å²) in [5.41, 5.74) is 3.63. The lowest BCUT2D eigenvalue weighted by atomic mass is 9.99. The van der Waals surface area contributed by atoms with Gasteiger partial charge in [0.05, 0.1) is 12.1 Å². The van der Waals surface area contributed by atoms with Gasteiger partial charge >= 0.3 is 0 Å². The highest BCUT2D eigenvalue weighted by Crippen LogP contribution is 2.33. The molecule has 26 heavy (non-hydrogen) atoms. The van der Waals surface area contributed by atoms with E-state index in [0.717, 1.165) is 30.4 Å².